The lowest BCUT2D eigenvalue weighted by Gasteiger charge is -2.07. The summed E-state index contributed by atoms with van der Waals surface area (Å²) < 4.78 is 41.5. The molecule has 0 heterocycles. The van der Waals surface area contributed by atoms with Crippen LogP contribution in [0.4, 0.5) is 13.2 Å². The van der Waals surface area contributed by atoms with Crippen LogP contribution in [0.3, 0.4) is 0 Å². The Morgan fingerprint density at radius 1 is 1.19 bits per heavy atom. The highest BCUT2D eigenvalue weighted by Crippen LogP contribution is 2.21. The minimum absolute atomic E-state index is 0.00789. The zero-order valence-corrected chi connectivity index (χ0v) is 10.1. The molecule has 1 aromatic rings. The number of alkyl halides is 3. The Balaban J connectivity index is 2.19. The molecule has 0 N–H and O–H groups in total. The van der Waals surface area contributed by atoms with Gasteiger partial charge >= 0.3 is 6.18 Å². The van der Waals surface area contributed by atoms with Gasteiger partial charge in [-0.25, -0.2) is 0 Å². The van der Waals surface area contributed by atoms with E-state index in [0.29, 0.717) is 6.61 Å². The molecule has 1 aromatic carbocycles. The molecule has 16 heavy (non-hydrogen) atoms. The van der Waals surface area contributed by atoms with E-state index in [9.17, 15) is 13.2 Å². The molecule has 0 aliphatic heterocycles. The molecule has 0 radical (unpaired) electrons. The van der Waals surface area contributed by atoms with Gasteiger partial charge in [0.2, 0.25) is 0 Å². The third kappa shape index (κ3) is 5.51. The molecule has 0 amide bonds. The van der Waals surface area contributed by atoms with Crippen LogP contribution in [-0.2, 0) is 11.3 Å². The summed E-state index contributed by atoms with van der Waals surface area (Å²) >= 11 is 3.34. The smallest absolute Gasteiger partial charge is 0.377 e. The lowest BCUT2D eigenvalue weighted by atomic mass is 10.2. The normalized spacial score (nSPS) is 11.8. The Bertz CT molecular complexity index is 325. The first-order valence-corrected chi connectivity index (χ1v) is 5.66. The molecule has 0 spiro atoms. The summed E-state index contributed by atoms with van der Waals surface area (Å²) in [6.45, 7) is 0.458. The second kappa shape index (κ2) is 6.25. The molecular formula is C11H12BrF3O. The molecule has 0 aliphatic rings. The predicted molar refractivity (Wildman–Crippen MR) is 59.1 cm³/mol. The fraction of sp³-hybridized carbons (Fsp3) is 0.455. The minimum Gasteiger partial charge on any atom is -0.377 e. The van der Waals surface area contributed by atoms with Crippen LogP contribution >= 0.6 is 15.9 Å². The van der Waals surface area contributed by atoms with Crippen LogP contribution in [0.25, 0.3) is 0 Å². The molecule has 0 fully saturated rings. The van der Waals surface area contributed by atoms with E-state index >= 15 is 0 Å². The second-order valence-corrected chi connectivity index (χ2v) is 4.22. The van der Waals surface area contributed by atoms with Crippen molar-refractivity contribution >= 4 is 15.9 Å². The number of hydrogen-bond acceptors (Lipinski definition) is 1. The van der Waals surface area contributed by atoms with Gasteiger partial charge < -0.3 is 4.74 Å². The highest BCUT2D eigenvalue weighted by molar-refractivity contribution is 9.10. The molecule has 0 aliphatic carbocycles. The summed E-state index contributed by atoms with van der Waals surface area (Å²) in [5.74, 6) is 0. The molecule has 1 rings (SSSR count). The SMILES string of the molecule is FC(F)(F)CCCOCc1ccccc1Br. The van der Waals surface area contributed by atoms with Gasteiger partial charge in [-0.1, -0.05) is 34.1 Å². The van der Waals surface area contributed by atoms with Crippen molar-refractivity contribution in [3.63, 3.8) is 0 Å². The van der Waals surface area contributed by atoms with Gasteiger partial charge in [-0.15, -0.1) is 0 Å². The lowest BCUT2D eigenvalue weighted by Crippen LogP contribution is -2.08. The maximum atomic E-state index is 11.8. The first-order valence-electron chi connectivity index (χ1n) is 4.87. The summed E-state index contributed by atoms with van der Waals surface area (Å²) in [5, 5.41) is 0. The Hall–Kier alpha value is -0.550. The van der Waals surface area contributed by atoms with Gasteiger partial charge in [0.05, 0.1) is 6.61 Å². The zero-order valence-electron chi connectivity index (χ0n) is 8.56. The lowest BCUT2D eigenvalue weighted by molar-refractivity contribution is -0.138. The Morgan fingerprint density at radius 2 is 1.88 bits per heavy atom. The van der Waals surface area contributed by atoms with Crippen molar-refractivity contribution in [3.05, 3.63) is 34.3 Å². The van der Waals surface area contributed by atoms with Gasteiger partial charge in [-0.05, 0) is 18.1 Å². The van der Waals surface area contributed by atoms with Gasteiger partial charge in [0.25, 0.3) is 0 Å². The van der Waals surface area contributed by atoms with E-state index in [1.807, 2.05) is 24.3 Å². The van der Waals surface area contributed by atoms with E-state index in [1.165, 1.54) is 0 Å². The minimum atomic E-state index is -4.09. The van der Waals surface area contributed by atoms with E-state index in [1.54, 1.807) is 0 Å². The predicted octanol–water partition coefficient (Wildman–Crippen LogP) is 4.31. The van der Waals surface area contributed by atoms with Crippen LogP contribution < -0.4 is 0 Å². The van der Waals surface area contributed by atoms with Gasteiger partial charge in [0.15, 0.2) is 0 Å². The van der Waals surface area contributed by atoms with E-state index in [4.69, 9.17) is 4.74 Å². The maximum Gasteiger partial charge on any atom is 0.389 e. The fourth-order valence-corrected chi connectivity index (χ4v) is 1.57. The number of halogens is 4. The molecular weight excluding hydrogens is 285 g/mol. The number of ether oxygens (including phenoxy) is 1. The molecule has 0 aromatic heterocycles. The summed E-state index contributed by atoms with van der Waals surface area (Å²) in [6.07, 6.45) is -4.87. The Labute approximate surface area is 101 Å². The molecule has 0 saturated heterocycles. The van der Waals surface area contributed by atoms with Crippen molar-refractivity contribution in [2.24, 2.45) is 0 Å². The first kappa shape index (κ1) is 13.5. The highest BCUT2D eigenvalue weighted by Gasteiger charge is 2.25. The van der Waals surface area contributed by atoms with E-state index < -0.39 is 12.6 Å². The van der Waals surface area contributed by atoms with Gasteiger partial charge in [-0.2, -0.15) is 13.2 Å². The molecule has 1 nitrogen and oxygen atoms in total. The Morgan fingerprint density at radius 3 is 2.50 bits per heavy atom. The van der Waals surface area contributed by atoms with Crippen molar-refractivity contribution in [3.8, 4) is 0 Å². The topological polar surface area (TPSA) is 9.23 Å². The largest absolute Gasteiger partial charge is 0.389 e. The molecule has 5 heteroatoms. The van der Waals surface area contributed by atoms with Crippen molar-refractivity contribution < 1.29 is 17.9 Å². The number of hydrogen-bond donors (Lipinski definition) is 0. The monoisotopic (exact) mass is 296 g/mol. The second-order valence-electron chi connectivity index (χ2n) is 3.36. The van der Waals surface area contributed by atoms with E-state index in [-0.39, 0.29) is 13.0 Å². The van der Waals surface area contributed by atoms with Crippen molar-refractivity contribution in [1.29, 1.82) is 0 Å². The maximum absolute atomic E-state index is 11.8. The molecule has 0 saturated carbocycles. The van der Waals surface area contributed by atoms with Gasteiger partial charge in [-0.3, -0.25) is 0 Å². The quantitative estimate of drug-likeness (QED) is 0.736. The van der Waals surface area contributed by atoms with Crippen LogP contribution in [0.1, 0.15) is 18.4 Å². The van der Waals surface area contributed by atoms with Crippen LogP contribution in [0, 0.1) is 0 Å². The van der Waals surface area contributed by atoms with Gasteiger partial charge in [0.1, 0.15) is 0 Å². The van der Waals surface area contributed by atoms with E-state index in [0.717, 1.165) is 10.0 Å². The number of rotatable bonds is 5. The molecule has 90 valence electrons. The molecule has 0 unspecified atom stereocenters. The van der Waals surface area contributed by atoms with Crippen molar-refractivity contribution in [2.45, 2.75) is 25.6 Å². The number of benzene rings is 1. The van der Waals surface area contributed by atoms with Gasteiger partial charge in [0, 0.05) is 17.5 Å². The summed E-state index contributed by atoms with van der Waals surface area (Å²) in [6, 6.07) is 7.47. The fourth-order valence-electron chi connectivity index (χ4n) is 1.17. The summed E-state index contributed by atoms with van der Waals surface area (Å²) in [7, 11) is 0. The van der Waals surface area contributed by atoms with E-state index in [2.05, 4.69) is 15.9 Å². The van der Waals surface area contributed by atoms with Crippen LogP contribution in [0.2, 0.25) is 0 Å². The Kier molecular flexibility index (Phi) is 5.28. The van der Waals surface area contributed by atoms with Crippen molar-refractivity contribution in [1.82, 2.24) is 0 Å². The zero-order chi connectivity index (χ0) is 12.0. The average Bonchev–Trinajstić information content (AvgIpc) is 2.18. The van der Waals surface area contributed by atoms with Crippen LogP contribution in [-0.4, -0.2) is 12.8 Å². The van der Waals surface area contributed by atoms with Crippen molar-refractivity contribution in [2.75, 3.05) is 6.61 Å². The van der Waals surface area contributed by atoms with Crippen LogP contribution in [0.15, 0.2) is 28.7 Å². The van der Waals surface area contributed by atoms with Crippen LogP contribution in [0.5, 0.6) is 0 Å². The standard InChI is InChI=1S/C11H12BrF3O/c12-10-5-2-1-4-9(10)8-16-7-3-6-11(13,14)15/h1-2,4-5H,3,6-8H2. The summed E-state index contributed by atoms with van der Waals surface area (Å²) in [5.41, 5.74) is 0.939. The third-order valence-corrected chi connectivity index (χ3v) is 2.74. The average molecular weight is 297 g/mol. The summed E-state index contributed by atoms with van der Waals surface area (Å²) in [4.78, 5) is 0. The highest BCUT2D eigenvalue weighted by atomic mass is 79.9. The first-order chi connectivity index (χ1) is 7.49. The molecule has 0 bridgehead atoms. The molecule has 0 atom stereocenters. The third-order valence-electron chi connectivity index (χ3n) is 1.96.